The van der Waals surface area contributed by atoms with Crippen LogP contribution in [-0.2, 0) is 0 Å². The second-order valence-electron chi connectivity index (χ2n) is 3.48. The lowest BCUT2D eigenvalue weighted by Crippen LogP contribution is -2.13. The van der Waals surface area contributed by atoms with Gasteiger partial charge in [0.05, 0.1) is 22.2 Å². The number of hydrogen-bond donors (Lipinski definition) is 2. The Morgan fingerprint density at radius 2 is 2.05 bits per heavy atom. The van der Waals surface area contributed by atoms with Gasteiger partial charge in [-0.1, -0.05) is 23.9 Å². The molecular formula is C11H9N5O2S. The van der Waals surface area contributed by atoms with Crippen molar-refractivity contribution < 1.29 is 4.92 Å². The van der Waals surface area contributed by atoms with E-state index in [1.165, 1.54) is 18.5 Å². The molecule has 0 atom stereocenters. The first kappa shape index (κ1) is 13.0. The lowest BCUT2D eigenvalue weighted by molar-refractivity contribution is -0.387. The SMILES string of the molecule is N=C(N)c1cnc(Sc2ccccc2[N+](=O)[O-])cn1. The molecule has 0 radical (unpaired) electrons. The zero-order chi connectivity index (χ0) is 13.8. The van der Waals surface area contributed by atoms with E-state index >= 15 is 0 Å². The molecule has 2 aromatic rings. The van der Waals surface area contributed by atoms with Gasteiger partial charge < -0.3 is 5.73 Å². The van der Waals surface area contributed by atoms with Crippen LogP contribution in [0.25, 0.3) is 0 Å². The maximum absolute atomic E-state index is 10.9. The van der Waals surface area contributed by atoms with Crippen LogP contribution in [0.1, 0.15) is 5.69 Å². The molecule has 1 aromatic carbocycles. The largest absolute Gasteiger partial charge is 0.382 e. The molecule has 0 unspecified atom stereocenters. The van der Waals surface area contributed by atoms with Crippen LogP contribution >= 0.6 is 11.8 Å². The van der Waals surface area contributed by atoms with Gasteiger partial charge in [0.2, 0.25) is 0 Å². The average Bonchev–Trinajstić information content (AvgIpc) is 2.39. The Labute approximate surface area is 112 Å². The van der Waals surface area contributed by atoms with Crippen molar-refractivity contribution in [1.29, 1.82) is 5.41 Å². The molecule has 0 aliphatic rings. The number of nitrogen functional groups attached to an aromatic ring is 1. The van der Waals surface area contributed by atoms with Crippen LogP contribution in [0.4, 0.5) is 5.69 Å². The van der Waals surface area contributed by atoms with Gasteiger partial charge in [-0.3, -0.25) is 15.5 Å². The molecule has 0 aliphatic carbocycles. The van der Waals surface area contributed by atoms with Gasteiger partial charge in [-0.15, -0.1) is 0 Å². The zero-order valence-corrected chi connectivity index (χ0v) is 10.4. The van der Waals surface area contributed by atoms with E-state index in [4.69, 9.17) is 11.1 Å². The van der Waals surface area contributed by atoms with Crippen LogP contribution in [0.2, 0.25) is 0 Å². The van der Waals surface area contributed by atoms with Gasteiger partial charge in [0, 0.05) is 6.07 Å². The van der Waals surface area contributed by atoms with Crippen LogP contribution in [-0.4, -0.2) is 20.7 Å². The molecule has 1 aromatic heterocycles. The molecule has 3 N–H and O–H groups in total. The first-order valence-corrected chi connectivity index (χ1v) is 5.97. The molecule has 0 spiro atoms. The predicted molar refractivity (Wildman–Crippen MR) is 70.3 cm³/mol. The number of nitrogens with zero attached hydrogens (tertiary/aromatic N) is 3. The van der Waals surface area contributed by atoms with E-state index in [1.54, 1.807) is 18.2 Å². The molecule has 1 heterocycles. The van der Waals surface area contributed by atoms with Crippen molar-refractivity contribution in [2.75, 3.05) is 0 Å². The maximum Gasteiger partial charge on any atom is 0.283 e. The third kappa shape index (κ3) is 3.05. The van der Waals surface area contributed by atoms with Crippen molar-refractivity contribution in [3.63, 3.8) is 0 Å². The standard InChI is InChI=1S/C11H9N5O2S/c12-11(13)7-5-15-10(6-14-7)19-9-4-2-1-3-8(9)16(17)18/h1-6H,(H3,12,13). The van der Waals surface area contributed by atoms with E-state index in [0.29, 0.717) is 9.92 Å². The number of rotatable bonds is 4. The van der Waals surface area contributed by atoms with Gasteiger partial charge >= 0.3 is 0 Å². The second kappa shape index (κ2) is 5.44. The quantitative estimate of drug-likeness (QED) is 0.380. The molecule has 0 aliphatic heterocycles. The Kier molecular flexibility index (Phi) is 3.71. The van der Waals surface area contributed by atoms with E-state index < -0.39 is 4.92 Å². The molecule has 96 valence electrons. The molecule has 0 fully saturated rings. The van der Waals surface area contributed by atoms with Crippen LogP contribution in [0.5, 0.6) is 0 Å². The van der Waals surface area contributed by atoms with Crippen molar-refractivity contribution >= 4 is 23.3 Å². The van der Waals surface area contributed by atoms with E-state index in [1.807, 2.05) is 0 Å². The predicted octanol–water partition coefficient (Wildman–Crippen LogP) is 1.82. The first-order chi connectivity index (χ1) is 9.08. The topological polar surface area (TPSA) is 119 Å². The minimum atomic E-state index is -0.445. The fourth-order valence-electron chi connectivity index (χ4n) is 1.31. The summed E-state index contributed by atoms with van der Waals surface area (Å²) in [6.07, 6.45) is 2.79. The number of benzene rings is 1. The summed E-state index contributed by atoms with van der Waals surface area (Å²) < 4.78 is 0. The third-order valence-corrected chi connectivity index (χ3v) is 3.17. The van der Waals surface area contributed by atoms with Crippen molar-refractivity contribution in [3.05, 3.63) is 52.5 Å². The summed E-state index contributed by atoms with van der Waals surface area (Å²) in [5, 5.41) is 18.6. The highest BCUT2D eigenvalue weighted by Gasteiger charge is 2.14. The maximum atomic E-state index is 10.9. The van der Waals surface area contributed by atoms with Gasteiger partial charge in [0.15, 0.2) is 0 Å². The highest BCUT2D eigenvalue weighted by molar-refractivity contribution is 7.99. The minimum absolute atomic E-state index is 0.0185. The van der Waals surface area contributed by atoms with Crippen molar-refractivity contribution in [3.8, 4) is 0 Å². The normalized spacial score (nSPS) is 10.1. The van der Waals surface area contributed by atoms with Crippen molar-refractivity contribution in [1.82, 2.24) is 9.97 Å². The van der Waals surface area contributed by atoms with E-state index in [-0.39, 0.29) is 17.2 Å². The molecule has 0 saturated carbocycles. The van der Waals surface area contributed by atoms with Crippen LogP contribution in [0, 0.1) is 15.5 Å². The average molecular weight is 275 g/mol. The van der Waals surface area contributed by atoms with Gasteiger partial charge in [-0.25, -0.2) is 9.97 Å². The zero-order valence-electron chi connectivity index (χ0n) is 9.61. The summed E-state index contributed by atoms with van der Waals surface area (Å²) in [6, 6.07) is 6.39. The molecule has 8 heteroatoms. The lowest BCUT2D eigenvalue weighted by Gasteiger charge is -2.02. The van der Waals surface area contributed by atoms with Gasteiger partial charge in [0.25, 0.3) is 5.69 Å². The first-order valence-electron chi connectivity index (χ1n) is 5.15. The smallest absolute Gasteiger partial charge is 0.283 e. The Balaban J connectivity index is 2.26. The third-order valence-electron chi connectivity index (χ3n) is 2.18. The number of amidine groups is 1. The summed E-state index contributed by atoms with van der Waals surface area (Å²) >= 11 is 1.14. The number of hydrogen-bond acceptors (Lipinski definition) is 6. The Hall–Kier alpha value is -2.48. The Bertz CT molecular complexity index is 629. The van der Waals surface area contributed by atoms with E-state index in [2.05, 4.69) is 9.97 Å². The van der Waals surface area contributed by atoms with E-state index in [0.717, 1.165) is 11.8 Å². The summed E-state index contributed by atoms with van der Waals surface area (Å²) in [5.74, 6) is -0.172. The van der Waals surface area contributed by atoms with Crippen LogP contribution < -0.4 is 5.73 Å². The number of para-hydroxylation sites is 1. The molecule has 19 heavy (non-hydrogen) atoms. The Morgan fingerprint density at radius 3 is 2.63 bits per heavy atom. The summed E-state index contributed by atoms with van der Waals surface area (Å²) in [6.45, 7) is 0. The highest BCUT2D eigenvalue weighted by atomic mass is 32.2. The fraction of sp³-hybridized carbons (Fsp3) is 0. The Morgan fingerprint density at radius 1 is 1.32 bits per heavy atom. The lowest BCUT2D eigenvalue weighted by atomic mass is 10.3. The van der Waals surface area contributed by atoms with Gasteiger partial charge in [-0.2, -0.15) is 0 Å². The molecule has 0 saturated heterocycles. The summed E-state index contributed by atoms with van der Waals surface area (Å²) in [7, 11) is 0. The highest BCUT2D eigenvalue weighted by Crippen LogP contribution is 2.32. The number of nitrogens with one attached hydrogen (secondary N) is 1. The monoisotopic (exact) mass is 275 g/mol. The van der Waals surface area contributed by atoms with Crippen molar-refractivity contribution in [2.24, 2.45) is 5.73 Å². The number of nitro groups is 1. The summed E-state index contributed by atoms with van der Waals surface area (Å²) in [4.78, 5) is 18.9. The van der Waals surface area contributed by atoms with Gasteiger partial charge in [-0.05, 0) is 6.07 Å². The van der Waals surface area contributed by atoms with Crippen LogP contribution in [0.15, 0.2) is 46.6 Å². The van der Waals surface area contributed by atoms with Gasteiger partial charge in [0.1, 0.15) is 16.6 Å². The fourth-order valence-corrected chi connectivity index (χ4v) is 2.14. The molecule has 7 nitrogen and oxygen atoms in total. The van der Waals surface area contributed by atoms with Crippen LogP contribution in [0.3, 0.4) is 0 Å². The molecule has 0 bridgehead atoms. The summed E-state index contributed by atoms with van der Waals surface area (Å²) in [5.41, 5.74) is 5.55. The number of nitro benzene ring substituents is 1. The molecular weight excluding hydrogens is 266 g/mol. The minimum Gasteiger partial charge on any atom is -0.382 e. The van der Waals surface area contributed by atoms with E-state index in [9.17, 15) is 10.1 Å². The molecule has 2 rings (SSSR count). The van der Waals surface area contributed by atoms with Crippen molar-refractivity contribution in [2.45, 2.75) is 9.92 Å². The molecule has 0 amide bonds. The second-order valence-corrected chi connectivity index (χ2v) is 4.54. The number of aromatic nitrogens is 2. The number of nitrogens with two attached hydrogens (primary N) is 1.